The molecule has 2 aromatic rings. The van der Waals surface area contributed by atoms with Crippen molar-refractivity contribution in [2.45, 2.75) is 6.92 Å². The minimum Gasteiger partial charge on any atom is -0.258 e. The van der Waals surface area contributed by atoms with Crippen molar-refractivity contribution < 1.29 is 4.92 Å². The topological polar surface area (TPSA) is 66.9 Å². The number of nitrogens with zero attached hydrogens (tertiary/aromatic N) is 2. The SMILES string of the molecule is Cc1ccc(/C(C#N)=C\c2ccc(Cl)c([N+](=O)[O-])c2)cc1. The lowest BCUT2D eigenvalue weighted by atomic mass is 10.0. The van der Waals surface area contributed by atoms with Gasteiger partial charge in [0.2, 0.25) is 0 Å². The molecule has 0 radical (unpaired) electrons. The molecule has 0 saturated heterocycles. The van der Waals surface area contributed by atoms with Gasteiger partial charge in [0, 0.05) is 6.07 Å². The van der Waals surface area contributed by atoms with Crippen molar-refractivity contribution >= 4 is 28.9 Å². The van der Waals surface area contributed by atoms with E-state index in [1.54, 1.807) is 12.1 Å². The van der Waals surface area contributed by atoms with Crippen molar-refractivity contribution in [3.8, 4) is 6.07 Å². The Morgan fingerprint density at radius 1 is 1.29 bits per heavy atom. The molecule has 104 valence electrons. The van der Waals surface area contributed by atoms with Crippen LogP contribution in [0.3, 0.4) is 0 Å². The van der Waals surface area contributed by atoms with E-state index >= 15 is 0 Å². The maximum Gasteiger partial charge on any atom is 0.288 e. The zero-order valence-corrected chi connectivity index (χ0v) is 12.0. The van der Waals surface area contributed by atoms with Gasteiger partial charge < -0.3 is 0 Å². The van der Waals surface area contributed by atoms with Crippen LogP contribution in [0.15, 0.2) is 42.5 Å². The Hall–Kier alpha value is -2.64. The summed E-state index contributed by atoms with van der Waals surface area (Å²) in [6.07, 6.45) is 1.61. The summed E-state index contributed by atoms with van der Waals surface area (Å²) < 4.78 is 0. The summed E-state index contributed by atoms with van der Waals surface area (Å²) in [7, 11) is 0. The van der Waals surface area contributed by atoms with Crippen molar-refractivity contribution in [3.05, 3.63) is 74.3 Å². The summed E-state index contributed by atoms with van der Waals surface area (Å²) in [5.74, 6) is 0. The van der Waals surface area contributed by atoms with Crippen LogP contribution in [0, 0.1) is 28.4 Å². The van der Waals surface area contributed by atoms with Gasteiger partial charge in [-0.15, -0.1) is 0 Å². The quantitative estimate of drug-likeness (QED) is 0.359. The van der Waals surface area contributed by atoms with Crippen molar-refractivity contribution in [2.75, 3.05) is 0 Å². The number of benzene rings is 2. The van der Waals surface area contributed by atoms with Crippen LogP contribution in [0.1, 0.15) is 16.7 Å². The van der Waals surface area contributed by atoms with Gasteiger partial charge in [-0.3, -0.25) is 10.1 Å². The Balaban J connectivity index is 2.46. The van der Waals surface area contributed by atoms with Crippen LogP contribution in [0.5, 0.6) is 0 Å². The standard InChI is InChI=1S/C16H11ClN2O2/c1-11-2-5-13(6-3-11)14(10-18)8-12-4-7-15(17)16(9-12)19(20)21/h2-9H,1H3/b14-8-. The van der Waals surface area contributed by atoms with E-state index in [0.717, 1.165) is 11.1 Å². The molecule has 5 heteroatoms. The first-order valence-corrected chi connectivity index (χ1v) is 6.52. The molecule has 0 unspecified atom stereocenters. The molecule has 4 nitrogen and oxygen atoms in total. The molecule has 0 atom stereocenters. The van der Waals surface area contributed by atoms with Crippen LogP contribution in [0.4, 0.5) is 5.69 Å². The van der Waals surface area contributed by atoms with Gasteiger partial charge in [0.1, 0.15) is 5.02 Å². The number of hydrogen-bond donors (Lipinski definition) is 0. The minimum absolute atomic E-state index is 0.0750. The molecule has 0 aliphatic carbocycles. The number of hydrogen-bond acceptors (Lipinski definition) is 3. The number of halogens is 1. The minimum atomic E-state index is -0.544. The number of nitro benzene ring substituents is 1. The summed E-state index contributed by atoms with van der Waals surface area (Å²) >= 11 is 5.77. The predicted molar refractivity (Wildman–Crippen MR) is 82.8 cm³/mol. The van der Waals surface area contributed by atoms with Gasteiger partial charge in [-0.1, -0.05) is 47.5 Å². The van der Waals surface area contributed by atoms with Gasteiger partial charge in [-0.05, 0) is 30.2 Å². The Bertz CT molecular complexity index is 759. The summed E-state index contributed by atoms with van der Waals surface area (Å²) in [5, 5.41) is 20.2. The smallest absolute Gasteiger partial charge is 0.258 e. The van der Waals surface area contributed by atoms with Gasteiger partial charge in [-0.25, -0.2) is 0 Å². The molecule has 2 aromatic carbocycles. The second-order valence-electron chi connectivity index (χ2n) is 4.50. The number of nitriles is 1. The van der Waals surface area contributed by atoms with E-state index in [-0.39, 0.29) is 10.7 Å². The Kier molecular flexibility index (Phi) is 4.36. The van der Waals surface area contributed by atoms with E-state index < -0.39 is 4.92 Å². The summed E-state index contributed by atoms with van der Waals surface area (Å²) in [6.45, 7) is 1.96. The monoisotopic (exact) mass is 298 g/mol. The summed E-state index contributed by atoms with van der Waals surface area (Å²) in [4.78, 5) is 10.3. The zero-order chi connectivity index (χ0) is 15.4. The predicted octanol–water partition coefficient (Wildman–Crippen LogP) is 4.62. The fourth-order valence-electron chi connectivity index (χ4n) is 1.84. The molecular weight excluding hydrogens is 288 g/mol. The molecule has 0 aromatic heterocycles. The maximum atomic E-state index is 10.9. The lowest BCUT2D eigenvalue weighted by molar-refractivity contribution is -0.384. The second kappa shape index (κ2) is 6.21. The van der Waals surface area contributed by atoms with Crippen LogP contribution in [0.25, 0.3) is 11.6 Å². The van der Waals surface area contributed by atoms with Crippen molar-refractivity contribution in [3.63, 3.8) is 0 Å². The third-order valence-corrected chi connectivity index (χ3v) is 3.28. The van der Waals surface area contributed by atoms with Crippen LogP contribution >= 0.6 is 11.6 Å². The Labute approximate surface area is 127 Å². The largest absolute Gasteiger partial charge is 0.288 e. The highest BCUT2D eigenvalue weighted by atomic mass is 35.5. The van der Waals surface area contributed by atoms with Gasteiger partial charge in [0.15, 0.2) is 0 Å². The number of rotatable bonds is 3. The molecule has 0 heterocycles. The second-order valence-corrected chi connectivity index (χ2v) is 4.91. The Morgan fingerprint density at radius 3 is 2.52 bits per heavy atom. The molecule has 0 aliphatic heterocycles. The summed E-state index contributed by atoms with van der Waals surface area (Å²) in [5.41, 5.74) is 2.68. The van der Waals surface area contributed by atoms with E-state index in [2.05, 4.69) is 6.07 Å². The molecule has 0 amide bonds. The van der Waals surface area contributed by atoms with Crippen LogP contribution < -0.4 is 0 Å². The van der Waals surface area contributed by atoms with E-state index in [4.69, 9.17) is 11.6 Å². The molecule has 0 bridgehead atoms. The van der Waals surface area contributed by atoms with E-state index in [0.29, 0.717) is 11.1 Å². The highest BCUT2D eigenvalue weighted by molar-refractivity contribution is 6.32. The van der Waals surface area contributed by atoms with Crippen LogP contribution in [-0.4, -0.2) is 4.92 Å². The van der Waals surface area contributed by atoms with Gasteiger partial charge >= 0.3 is 0 Å². The van der Waals surface area contributed by atoms with Gasteiger partial charge in [0.25, 0.3) is 5.69 Å². The lowest BCUT2D eigenvalue weighted by Gasteiger charge is -2.01. The third kappa shape index (κ3) is 3.47. The highest BCUT2D eigenvalue weighted by Gasteiger charge is 2.12. The molecule has 0 aliphatic rings. The molecule has 21 heavy (non-hydrogen) atoms. The third-order valence-electron chi connectivity index (χ3n) is 2.96. The fourth-order valence-corrected chi connectivity index (χ4v) is 2.03. The fraction of sp³-hybridized carbons (Fsp3) is 0.0625. The number of allylic oxidation sites excluding steroid dienone is 1. The number of aryl methyl sites for hydroxylation is 1. The molecule has 0 N–H and O–H groups in total. The number of nitro groups is 1. The molecular formula is C16H11ClN2O2. The molecule has 2 rings (SSSR count). The van der Waals surface area contributed by atoms with E-state index in [9.17, 15) is 15.4 Å². The maximum absolute atomic E-state index is 10.9. The average Bonchev–Trinajstić information content (AvgIpc) is 2.47. The lowest BCUT2D eigenvalue weighted by Crippen LogP contribution is -1.90. The first kappa shape index (κ1) is 14.8. The highest BCUT2D eigenvalue weighted by Crippen LogP contribution is 2.27. The van der Waals surface area contributed by atoms with Crippen molar-refractivity contribution in [2.24, 2.45) is 0 Å². The average molecular weight is 299 g/mol. The molecule has 0 fully saturated rings. The van der Waals surface area contributed by atoms with Gasteiger partial charge in [0.05, 0.1) is 16.6 Å². The molecule has 0 spiro atoms. The van der Waals surface area contributed by atoms with E-state index in [1.807, 2.05) is 31.2 Å². The summed E-state index contributed by atoms with van der Waals surface area (Å²) in [6, 6.07) is 14.1. The zero-order valence-electron chi connectivity index (χ0n) is 11.2. The van der Waals surface area contributed by atoms with Crippen LogP contribution in [-0.2, 0) is 0 Å². The van der Waals surface area contributed by atoms with Gasteiger partial charge in [-0.2, -0.15) is 5.26 Å². The van der Waals surface area contributed by atoms with Crippen molar-refractivity contribution in [1.82, 2.24) is 0 Å². The first-order valence-electron chi connectivity index (χ1n) is 6.14. The van der Waals surface area contributed by atoms with E-state index in [1.165, 1.54) is 12.1 Å². The van der Waals surface area contributed by atoms with Crippen LogP contribution in [0.2, 0.25) is 5.02 Å². The molecule has 0 saturated carbocycles. The Morgan fingerprint density at radius 2 is 1.95 bits per heavy atom. The first-order chi connectivity index (χ1) is 10.0. The normalized spacial score (nSPS) is 11.0. The van der Waals surface area contributed by atoms with Crippen molar-refractivity contribution in [1.29, 1.82) is 5.26 Å².